The van der Waals surface area contributed by atoms with E-state index in [1.807, 2.05) is 6.92 Å². The van der Waals surface area contributed by atoms with Crippen LogP contribution in [0.25, 0.3) is 0 Å². The minimum atomic E-state index is -0.385. The van der Waals surface area contributed by atoms with E-state index in [0.717, 1.165) is 5.56 Å². The summed E-state index contributed by atoms with van der Waals surface area (Å²) in [4.78, 5) is 0. The highest BCUT2D eigenvalue weighted by atomic mass is 16.7. The predicted octanol–water partition coefficient (Wildman–Crippen LogP) is 3.25. The van der Waals surface area contributed by atoms with Crippen molar-refractivity contribution in [1.29, 1.82) is 0 Å². The Labute approximate surface area is 114 Å². The van der Waals surface area contributed by atoms with E-state index in [2.05, 4.69) is 20.8 Å². The van der Waals surface area contributed by atoms with Gasteiger partial charge < -0.3 is 19.3 Å². The van der Waals surface area contributed by atoms with E-state index in [1.54, 1.807) is 18.2 Å². The van der Waals surface area contributed by atoms with Crippen molar-refractivity contribution in [3.8, 4) is 11.5 Å². The van der Waals surface area contributed by atoms with Crippen molar-refractivity contribution in [1.82, 2.24) is 0 Å². The molecule has 2 unspecified atom stereocenters. The number of rotatable bonds is 3. The molecule has 0 aliphatic carbocycles. The molecule has 0 radical (unpaired) electrons. The van der Waals surface area contributed by atoms with Gasteiger partial charge in [0.2, 0.25) is 0 Å². The molecule has 19 heavy (non-hydrogen) atoms. The first-order valence-corrected chi connectivity index (χ1v) is 6.64. The summed E-state index contributed by atoms with van der Waals surface area (Å²) in [5.74, 6) is 0.599. The van der Waals surface area contributed by atoms with Crippen molar-refractivity contribution in [3.63, 3.8) is 0 Å². The van der Waals surface area contributed by atoms with Crippen LogP contribution >= 0.6 is 0 Å². The molecule has 0 amide bonds. The van der Waals surface area contributed by atoms with Gasteiger partial charge in [-0.3, -0.25) is 0 Å². The first-order valence-electron chi connectivity index (χ1n) is 6.64. The molecule has 0 bridgehead atoms. The average molecular weight is 266 g/mol. The maximum absolute atomic E-state index is 9.68. The molecule has 2 atom stereocenters. The lowest BCUT2D eigenvalue weighted by molar-refractivity contribution is -0.0786. The molecule has 2 rings (SSSR count). The normalized spacial score (nSPS) is 23.6. The molecule has 1 aromatic carbocycles. The van der Waals surface area contributed by atoms with Crippen LogP contribution in [0.5, 0.6) is 11.5 Å². The second-order valence-electron chi connectivity index (χ2n) is 5.82. The summed E-state index contributed by atoms with van der Waals surface area (Å²) < 4.78 is 17.0. The number of phenolic OH excluding ortho intramolecular Hbond substituents is 1. The van der Waals surface area contributed by atoms with Gasteiger partial charge in [-0.2, -0.15) is 0 Å². The van der Waals surface area contributed by atoms with E-state index in [-0.39, 0.29) is 23.6 Å². The van der Waals surface area contributed by atoms with Crippen LogP contribution in [0, 0.1) is 5.41 Å². The zero-order chi connectivity index (χ0) is 14.0. The number of phenols is 1. The third-order valence-electron chi connectivity index (χ3n) is 3.21. The van der Waals surface area contributed by atoms with Crippen LogP contribution < -0.4 is 4.74 Å². The Bertz CT molecular complexity index is 436. The molecule has 1 aliphatic heterocycles. The molecular formula is C15H22O4. The molecule has 0 aromatic heterocycles. The molecule has 1 heterocycles. The van der Waals surface area contributed by atoms with Crippen molar-refractivity contribution in [3.05, 3.63) is 23.8 Å². The van der Waals surface area contributed by atoms with E-state index >= 15 is 0 Å². The summed E-state index contributed by atoms with van der Waals surface area (Å²) in [5.41, 5.74) is 0.919. The average Bonchev–Trinajstić information content (AvgIpc) is 2.81. The van der Waals surface area contributed by atoms with Crippen molar-refractivity contribution in [2.24, 2.45) is 5.41 Å². The quantitative estimate of drug-likeness (QED) is 0.912. The van der Waals surface area contributed by atoms with E-state index in [0.29, 0.717) is 19.0 Å². The van der Waals surface area contributed by atoms with Gasteiger partial charge in [0, 0.05) is 5.56 Å². The second kappa shape index (κ2) is 5.39. The first kappa shape index (κ1) is 14.2. The summed E-state index contributed by atoms with van der Waals surface area (Å²) >= 11 is 0. The lowest BCUT2D eigenvalue weighted by Crippen LogP contribution is -2.28. The monoisotopic (exact) mass is 266 g/mol. The molecule has 1 N–H and O–H groups in total. The molecule has 1 saturated heterocycles. The molecule has 4 nitrogen and oxygen atoms in total. The van der Waals surface area contributed by atoms with Gasteiger partial charge in [0.15, 0.2) is 17.8 Å². The smallest absolute Gasteiger partial charge is 0.184 e. The zero-order valence-corrected chi connectivity index (χ0v) is 12.0. The highest BCUT2D eigenvalue weighted by molar-refractivity contribution is 5.42. The summed E-state index contributed by atoms with van der Waals surface area (Å²) in [6.45, 7) is 9.36. The van der Waals surface area contributed by atoms with Gasteiger partial charge in [0.1, 0.15) is 0 Å². The Morgan fingerprint density at radius 3 is 2.68 bits per heavy atom. The number of aromatic hydroxyl groups is 1. The molecule has 1 aromatic rings. The van der Waals surface area contributed by atoms with Crippen LogP contribution in [0.1, 0.15) is 39.5 Å². The fourth-order valence-corrected chi connectivity index (χ4v) is 1.98. The summed E-state index contributed by atoms with van der Waals surface area (Å²) in [6.07, 6.45) is -0.314. The SMILES string of the molecule is CCOc1cc(C2OCC(C(C)(C)C)O2)ccc1O. The Balaban J connectivity index is 2.13. The topological polar surface area (TPSA) is 47.9 Å². The molecule has 106 valence electrons. The minimum absolute atomic E-state index is 0.0500. The Kier molecular flexibility index (Phi) is 4.02. The fraction of sp³-hybridized carbons (Fsp3) is 0.600. The van der Waals surface area contributed by atoms with Gasteiger partial charge in [-0.05, 0) is 24.5 Å². The largest absolute Gasteiger partial charge is 0.504 e. The zero-order valence-electron chi connectivity index (χ0n) is 12.0. The van der Waals surface area contributed by atoms with Crippen LogP contribution in [0.3, 0.4) is 0 Å². The first-order chi connectivity index (χ1) is 8.91. The number of hydrogen-bond donors (Lipinski definition) is 1. The Morgan fingerprint density at radius 1 is 1.37 bits per heavy atom. The van der Waals surface area contributed by atoms with Gasteiger partial charge in [0.05, 0.1) is 19.3 Å². The fourth-order valence-electron chi connectivity index (χ4n) is 1.98. The van der Waals surface area contributed by atoms with Gasteiger partial charge in [-0.25, -0.2) is 0 Å². The van der Waals surface area contributed by atoms with Gasteiger partial charge in [-0.1, -0.05) is 26.8 Å². The third-order valence-corrected chi connectivity index (χ3v) is 3.21. The molecule has 0 saturated carbocycles. The lowest BCUT2D eigenvalue weighted by Gasteiger charge is -2.25. The molecule has 1 aliphatic rings. The Hall–Kier alpha value is -1.26. The van der Waals surface area contributed by atoms with E-state index in [9.17, 15) is 5.11 Å². The molecule has 0 spiro atoms. The van der Waals surface area contributed by atoms with Crippen LogP contribution in [0.15, 0.2) is 18.2 Å². The van der Waals surface area contributed by atoms with Crippen LogP contribution in [0.2, 0.25) is 0 Å². The highest BCUT2D eigenvalue weighted by Crippen LogP contribution is 2.37. The van der Waals surface area contributed by atoms with E-state index in [1.165, 1.54) is 0 Å². The maximum atomic E-state index is 9.68. The van der Waals surface area contributed by atoms with Gasteiger partial charge >= 0.3 is 0 Å². The van der Waals surface area contributed by atoms with E-state index < -0.39 is 0 Å². The summed E-state index contributed by atoms with van der Waals surface area (Å²) in [7, 11) is 0. The summed E-state index contributed by atoms with van der Waals surface area (Å²) in [6, 6.07) is 5.18. The van der Waals surface area contributed by atoms with Gasteiger partial charge in [0.25, 0.3) is 0 Å². The second-order valence-corrected chi connectivity index (χ2v) is 5.82. The third kappa shape index (κ3) is 3.19. The van der Waals surface area contributed by atoms with E-state index in [4.69, 9.17) is 14.2 Å². The number of hydrogen-bond acceptors (Lipinski definition) is 4. The molecule has 4 heteroatoms. The van der Waals surface area contributed by atoms with Crippen LogP contribution in [-0.2, 0) is 9.47 Å². The molecule has 1 fully saturated rings. The number of ether oxygens (including phenoxy) is 3. The Morgan fingerprint density at radius 2 is 2.11 bits per heavy atom. The highest BCUT2D eigenvalue weighted by Gasteiger charge is 2.35. The minimum Gasteiger partial charge on any atom is -0.504 e. The van der Waals surface area contributed by atoms with Crippen molar-refractivity contribution in [2.75, 3.05) is 13.2 Å². The van der Waals surface area contributed by atoms with Crippen molar-refractivity contribution >= 4 is 0 Å². The van der Waals surface area contributed by atoms with Gasteiger partial charge in [-0.15, -0.1) is 0 Å². The standard InChI is InChI=1S/C15H22O4/c1-5-17-12-8-10(6-7-11(12)16)14-18-9-13(19-14)15(2,3)4/h6-8,13-14,16H,5,9H2,1-4H3. The maximum Gasteiger partial charge on any atom is 0.184 e. The van der Waals surface area contributed by atoms with Crippen molar-refractivity contribution in [2.45, 2.75) is 40.1 Å². The molecular weight excluding hydrogens is 244 g/mol. The van der Waals surface area contributed by atoms with Crippen LogP contribution in [0.4, 0.5) is 0 Å². The summed E-state index contributed by atoms with van der Waals surface area (Å²) in [5, 5.41) is 9.68. The predicted molar refractivity (Wildman–Crippen MR) is 72.3 cm³/mol. The number of benzene rings is 1. The van der Waals surface area contributed by atoms with Crippen LogP contribution in [-0.4, -0.2) is 24.4 Å². The lowest BCUT2D eigenvalue weighted by atomic mass is 9.90. The van der Waals surface area contributed by atoms with Crippen molar-refractivity contribution < 1.29 is 19.3 Å².